The summed E-state index contributed by atoms with van der Waals surface area (Å²) in [4.78, 5) is 14.9. The molecule has 0 aromatic carbocycles. The normalized spacial score (nSPS) is 14.2. The lowest BCUT2D eigenvalue weighted by Gasteiger charge is -2.19. The summed E-state index contributed by atoms with van der Waals surface area (Å²) in [6, 6.07) is -1.04. The van der Waals surface area contributed by atoms with E-state index in [1.165, 1.54) is 11.3 Å². The average Bonchev–Trinajstić information content (AvgIpc) is 2.65. The zero-order valence-corrected chi connectivity index (χ0v) is 8.62. The van der Waals surface area contributed by atoms with Crippen LogP contribution >= 0.6 is 11.3 Å². The van der Waals surface area contributed by atoms with E-state index in [0.717, 1.165) is 0 Å². The molecule has 0 aliphatic carbocycles. The van der Waals surface area contributed by atoms with Crippen molar-refractivity contribution in [2.45, 2.75) is 12.0 Å². The number of aromatic nitrogens is 1. The van der Waals surface area contributed by atoms with Crippen LogP contribution in [0.2, 0.25) is 0 Å². The lowest BCUT2D eigenvalue weighted by atomic mass is 9.99. The van der Waals surface area contributed by atoms with Crippen molar-refractivity contribution in [3.8, 4) is 0 Å². The van der Waals surface area contributed by atoms with E-state index in [2.05, 4.69) is 17.2 Å². The van der Waals surface area contributed by atoms with Crippen molar-refractivity contribution in [1.29, 1.82) is 5.41 Å². The van der Waals surface area contributed by atoms with Crippen LogP contribution in [-0.4, -0.2) is 28.1 Å². The van der Waals surface area contributed by atoms with Gasteiger partial charge in [0.1, 0.15) is 6.04 Å². The second-order valence-electron chi connectivity index (χ2n) is 2.89. The second kappa shape index (κ2) is 4.74. The largest absolute Gasteiger partial charge is 0.480 e. The predicted octanol–water partition coefficient (Wildman–Crippen LogP) is -0.00294. The number of carbonyl (C=O) groups is 1. The van der Waals surface area contributed by atoms with Crippen LogP contribution in [0.1, 0.15) is 11.6 Å². The number of hydrogen-bond acceptors (Lipinski definition) is 4. The van der Waals surface area contributed by atoms with Gasteiger partial charge in [0.05, 0.1) is 11.2 Å². The fraction of sp³-hybridized carbons (Fsp3) is 0.250. The molecule has 81 valence electrons. The molecule has 0 fully saturated rings. The van der Waals surface area contributed by atoms with E-state index >= 15 is 0 Å². The van der Waals surface area contributed by atoms with Crippen molar-refractivity contribution in [1.82, 2.24) is 10.3 Å². The van der Waals surface area contributed by atoms with Crippen molar-refractivity contribution < 1.29 is 9.90 Å². The van der Waals surface area contributed by atoms with Crippen LogP contribution in [0.25, 0.3) is 0 Å². The zero-order chi connectivity index (χ0) is 11.4. The van der Waals surface area contributed by atoms with Gasteiger partial charge in [-0.15, -0.1) is 11.3 Å². The number of nitrogens with one attached hydrogen (secondary N) is 2. The minimum absolute atomic E-state index is 0.397. The Morgan fingerprint density at radius 2 is 2.47 bits per heavy atom. The summed E-state index contributed by atoms with van der Waals surface area (Å²) in [5.74, 6) is -2.10. The highest BCUT2D eigenvalue weighted by Gasteiger charge is 2.27. The van der Waals surface area contributed by atoms with E-state index in [1.807, 2.05) is 0 Å². The molecular weight excluding hydrogens is 216 g/mol. The Morgan fingerprint density at radius 3 is 2.87 bits per heavy atom. The van der Waals surface area contributed by atoms with Gasteiger partial charge in [0, 0.05) is 11.3 Å². The van der Waals surface area contributed by atoms with Gasteiger partial charge in [-0.25, -0.2) is 9.78 Å². The Balaban J connectivity index is 2.80. The van der Waals surface area contributed by atoms with E-state index in [0.29, 0.717) is 5.69 Å². The molecule has 0 amide bonds. The van der Waals surface area contributed by atoms with Crippen LogP contribution in [0.4, 0.5) is 0 Å². The van der Waals surface area contributed by atoms with Crippen molar-refractivity contribution in [2.75, 3.05) is 0 Å². The zero-order valence-electron chi connectivity index (χ0n) is 7.80. The lowest BCUT2D eigenvalue weighted by molar-refractivity contribution is -0.139. The molecular formula is C8H11N4O2S. The average molecular weight is 227 g/mol. The first-order valence-electron chi connectivity index (χ1n) is 4.07. The van der Waals surface area contributed by atoms with Crippen LogP contribution < -0.4 is 11.1 Å². The SMILES string of the molecule is [CH2]C(c1cscn1)C(NC(=N)N)C(=O)O. The fourth-order valence-corrected chi connectivity index (χ4v) is 1.70. The highest BCUT2D eigenvalue weighted by atomic mass is 32.1. The number of thiazole rings is 1. The van der Waals surface area contributed by atoms with E-state index in [4.69, 9.17) is 16.2 Å². The third kappa shape index (κ3) is 2.91. The molecule has 7 heteroatoms. The monoisotopic (exact) mass is 227 g/mol. The quantitative estimate of drug-likeness (QED) is 0.427. The molecule has 0 saturated heterocycles. The van der Waals surface area contributed by atoms with Gasteiger partial charge in [-0.3, -0.25) is 5.41 Å². The maximum absolute atomic E-state index is 10.9. The first kappa shape index (κ1) is 11.4. The molecule has 0 spiro atoms. The lowest BCUT2D eigenvalue weighted by Crippen LogP contribution is -2.47. The van der Waals surface area contributed by atoms with Crippen LogP contribution in [0.15, 0.2) is 10.9 Å². The summed E-state index contributed by atoms with van der Waals surface area (Å²) in [6.45, 7) is 3.70. The molecule has 1 aromatic heterocycles. The molecule has 0 aliphatic heterocycles. The smallest absolute Gasteiger partial charge is 0.326 e. The summed E-state index contributed by atoms with van der Waals surface area (Å²) in [5, 5.41) is 20.0. The van der Waals surface area contributed by atoms with Crippen LogP contribution in [-0.2, 0) is 4.79 Å². The molecule has 0 saturated carbocycles. The second-order valence-corrected chi connectivity index (χ2v) is 3.61. The van der Waals surface area contributed by atoms with E-state index < -0.39 is 23.9 Å². The van der Waals surface area contributed by atoms with Gasteiger partial charge >= 0.3 is 5.97 Å². The maximum atomic E-state index is 10.9. The Morgan fingerprint density at radius 1 is 1.80 bits per heavy atom. The first-order chi connectivity index (χ1) is 7.02. The molecule has 2 unspecified atom stereocenters. The van der Waals surface area contributed by atoms with Crippen LogP contribution in [0.5, 0.6) is 0 Å². The molecule has 1 rings (SSSR count). The molecule has 0 bridgehead atoms. The van der Waals surface area contributed by atoms with Gasteiger partial charge in [0.25, 0.3) is 0 Å². The Hall–Kier alpha value is -1.63. The third-order valence-corrected chi connectivity index (χ3v) is 2.42. The minimum atomic E-state index is -1.11. The molecule has 2 atom stereocenters. The number of rotatable bonds is 4. The summed E-state index contributed by atoms with van der Waals surface area (Å²) in [5.41, 5.74) is 7.25. The molecule has 15 heavy (non-hydrogen) atoms. The molecule has 1 radical (unpaired) electrons. The van der Waals surface area contributed by atoms with Crippen molar-refractivity contribution in [2.24, 2.45) is 5.73 Å². The number of hydrogen-bond donors (Lipinski definition) is 4. The Kier molecular flexibility index (Phi) is 3.62. The molecule has 5 N–H and O–H groups in total. The summed E-state index contributed by atoms with van der Waals surface area (Å²) < 4.78 is 0. The Labute approximate surface area is 90.6 Å². The van der Waals surface area contributed by atoms with E-state index in [-0.39, 0.29) is 0 Å². The number of guanidine groups is 1. The molecule has 0 aliphatic rings. The van der Waals surface area contributed by atoms with Crippen molar-refractivity contribution in [3.63, 3.8) is 0 Å². The van der Waals surface area contributed by atoms with Gasteiger partial charge in [0.2, 0.25) is 0 Å². The number of carboxylic acids is 1. The van der Waals surface area contributed by atoms with Crippen LogP contribution in [0, 0.1) is 12.3 Å². The highest BCUT2D eigenvalue weighted by molar-refractivity contribution is 7.07. The third-order valence-electron chi connectivity index (χ3n) is 1.81. The Bertz CT molecular complexity index is 352. The summed E-state index contributed by atoms with van der Waals surface area (Å²) in [6.07, 6.45) is 0. The fourth-order valence-electron chi connectivity index (χ4n) is 1.08. The predicted molar refractivity (Wildman–Crippen MR) is 56.7 cm³/mol. The van der Waals surface area contributed by atoms with Gasteiger partial charge in [-0.05, 0) is 6.92 Å². The van der Waals surface area contributed by atoms with Crippen molar-refractivity contribution in [3.05, 3.63) is 23.5 Å². The number of aliphatic carboxylic acids is 1. The van der Waals surface area contributed by atoms with E-state index in [1.54, 1.807) is 10.9 Å². The first-order valence-corrected chi connectivity index (χ1v) is 5.01. The molecule has 1 aromatic rings. The number of nitrogens with zero attached hydrogens (tertiary/aromatic N) is 1. The number of nitrogens with two attached hydrogens (primary N) is 1. The van der Waals surface area contributed by atoms with Crippen molar-refractivity contribution >= 4 is 23.3 Å². The maximum Gasteiger partial charge on any atom is 0.326 e. The summed E-state index contributed by atoms with van der Waals surface area (Å²) >= 11 is 1.36. The van der Waals surface area contributed by atoms with Gasteiger partial charge in [-0.1, -0.05) is 0 Å². The van der Waals surface area contributed by atoms with Gasteiger partial charge < -0.3 is 16.2 Å². The molecule has 1 heterocycles. The minimum Gasteiger partial charge on any atom is -0.480 e. The van der Waals surface area contributed by atoms with Crippen LogP contribution in [0.3, 0.4) is 0 Å². The van der Waals surface area contributed by atoms with Gasteiger partial charge in [-0.2, -0.15) is 0 Å². The van der Waals surface area contributed by atoms with Gasteiger partial charge in [0.15, 0.2) is 5.96 Å². The molecule has 6 nitrogen and oxygen atoms in total. The van der Waals surface area contributed by atoms with E-state index in [9.17, 15) is 4.79 Å². The number of carboxylic acid groups (broad SMARTS) is 1. The topological polar surface area (TPSA) is 112 Å². The standard InChI is InChI=1S/C8H11N4O2S/c1-4(5-2-15-3-11-5)6(7(13)14)12-8(9)10/h2-4,6H,1H2,(H,13,14)(H4,9,10,12). The summed E-state index contributed by atoms with van der Waals surface area (Å²) in [7, 11) is 0. The highest BCUT2D eigenvalue weighted by Crippen LogP contribution is 2.18.